The summed E-state index contributed by atoms with van der Waals surface area (Å²) >= 11 is 0. The molecule has 3 N–H and O–H groups in total. The van der Waals surface area contributed by atoms with Crippen LogP contribution in [0.2, 0.25) is 0 Å². The van der Waals surface area contributed by atoms with E-state index in [9.17, 15) is 0 Å². The second-order valence-corrected chi connectivity index (χ2v) is 2.78. The molecule has 0 aliphatic carbocycles. The Kier molecular flexibility index (Phi) is 6.12. The fraction of sp³-hybridized carbons (Fsp3) is 0.750. The molecule has 0 radical (unpaired) electrons. The van der Waals surface area contributed by atoms with Crippen LogP contribution in [0.25, 0.3) is 0 Å². The van der Waals surface area contributed by atoms with Crippen LogP contribution in [0.3, 0.4) is 0 Å². The van der Waals surface area contributed by atoms with Gasteiger partial charge in [-0.2, -0.15) is 0 Å². The van der Waals surface area contributed by atoms with Crippen LogP contribution < -0.4 is 5.32 Å². The van der Waals surface area contributed by atoms with Gasteiger partial charge in [0.15, 0.2) is 0 Å². The molecule has 0 aromatic carbocycles. The van der Waals surface area contributed by atoms with Crippen LogP contribution in [0.15, 0.2) is 11.6 Å². The number of allylic oxidation sites excluding steroid dienone is 1. The van der Waals surface area contributed by atoms with Crippen molar-refractivity contribution in [2.24, 2.45) is 0 Å². The second kappa shape index (κ2) is 6.34. The molecular weight excluding hydrogens is 142 g/mol. The van der Waals surface area contributed by atoms with E-state index in [1.54, 1.807) is 0 Å². The highest BCUT2D eigenvalue weighted by atomic mass is 16.3. The summed E-state index contributed by atoms with van der Waals surface area (Å²) in [5.41, 5.74) is 1.25. The summed E-state index contributed by atoms with van der Waals surface area (Å²) in [6.07, 6.45) is 1.39. The average molecular weight is 159 g/mol. The maximum absolute atomic E-state index is 8.89. The molecule has 0 bridgehead atoms. The fourth-order valence-electron chi connectivity index (χ4n) is 0.591. The van der Waals surface area contributed by atoms with E-state index < -0.39 is 6.10 Å². The molecule has 0 heterocycles. The number of nitrogens with one attached hydrogen (secondary N) is 1. The first-order valence-electron chi connectivity index (χ1n) is 3.79. The lowest BCUT2D eigenvalue weighted by atomic mass is 10.3. The van der Waals surface area contributed by atoms with Gasteiger partial charge in [-0.25, -0.2) is 0 Å². The van der Waals surface area contributed by atoms with E-state index in [1.165, 1.54) is 5.57 Å². The molecule has 0 aliphatic rings. The van der Waals surface area contributed by atoms with Gasteiger partial charge in [0.2, 0.25) is 0 Å². The van der Waals surface area contributed by atoms with Crippen LogP contribution in [0.5, 0.6) is 0 Å². The van der Waals surface area contributed by atoms with Crippen LogP contribution in [-0.4, -0.2) is 36.0 Å². The summed E-state index contributed by atoms with van der Waals surface area (Å²) in [5.74, 6) is 0. The van der Waals surface area contributed by atoms with Gasteiger partial charge in [-0.15, -0.1) is 0 Å². The third-order valence-electron chi connectivity index (χ3n) is 1.25. The average Bonchev–Trinajstić information content (AvgIpc) is 1.97. The maximum Gasteiger partial charge on any atom is 0.0895 e. The van der Waals surface area contributed by atoms with Gasteiger partial charge in [0.1, 0.15) is 0 Å². The Labute approximate surface area is 67.7 Å². The minimum Gasteiger partial charge on any atom is -0.394 e. The number of aliphatic hydroxyl groups excluding tert-OH is 2. The lowest BCUT2D eigenvalue weighted by Crippen LogP contribution is -2.29. The molecule has 0 fully saturated rings. The Morgan fingerprint density at radius 3 is 2.64 bits per heavy atom. The number of hydrogen-bond donors (Lipinski definition) is 3. The van der Waals surface area contributed by atoms with Gasteiger partial charge < -0.3 is 15.5 Å². The molecule has 0 amide bonds. The summed E-state index contributed by atoms with van der Waals surface area (Å²) in [4.78, 5) is 0. The molecule has 0 saturated carbocycles. The van der Waals surface area contributed by atoms with Gasteiger partial charge in [0.05, 0.1) is 12.7 Å². The molecule has 0 saturated heterocycles. The van der Waals surface area contributed by atoms with Gasteiger partial charge in [-0.3, -0.25) is 0 Å². The Hall–Kier alpha value is -0.380. The molecule has 1 unspecified atom stereocenters. The topological polar surface area (TPSA) is 52.5 Å². The number of aliphatic hydroxyl groups is 2. The predicted molar refractivity (Wildman–Crippen MR) is 45.4 cm³/mol. The van der Waals surface area contributed by atoms with E-state index in [4.69, 9.17) is 10.2 Å². The first kappa shape index (κ1) is 10.6. The van der Waals surface area contributed by atoms with Crippen LogP contribution in [0, 0.1) is 0 Å². The first-order valence-corrected chi connectivity index (χ1v) is 3.79. The molecule has 1 atom stereocenters. The third kappa shape index (κ3) is 7.52. The minimum atomic E-state index is -0.638. The van der Waals surface area contributed by atoms with Crippen LogP contribution in [0.4, 0.5) is 0 Å². The van der Waals surface area contributed by atoms with Gasteiger partial charge in [-0.1, -0.05) is 11.6 Å². The zero-order valence-electron chi connectivity index (χ0n) is 7.17. The minimum absolute atomic E-state index is 0.179. The second-order valence-electron chi connectivity index (χ2n) is 2.78. The zero-order valence-corrected chi connectivity index (χ0v) is 7.17. The van der Waals surface area contributed by atoms with Gasteiger partial charge in [0, 0.05) is 13.1 Å². The highest BCUT2D eigenvalue weighted by Gasteiger charge is 1.97. The molecule has 0 aromatic rings. The summed E-state index contributed by atoms with van der Waals surface area (Å²) in [6, 6.07) is 0. The summed E-state index contributed by atoms with van der Waals surface area (Å²) in [6.45, 7) is 5.05. The fourth-order valence-corrected chi connectivity index (χ4v) is 0.591. The van der Waals surface area contributed by atoms with Crippen molar-refractivity contribution in [3.63, 3.8) is 0 Å². The Morgan fingerprint density at radius 2 is 2.18 bits per heavy atom. The lowest BCUT2D eigenvalue weighted by Gasteiger charge is -2.06. The van der Waals surface area contributed by atoms with Gasteiger partial charge >= 0.3 is 0 Å². The van der Waals surface area contributed by atoms with Crippen LogP contribution in [0.1, 0.15) is 13.8 Å². The van der Waals surface area contributed by atoms with E-state index >= 15 is 0 Å². The molecule has 0 aromatic heterocycles. The predicted octanol–water partition coefficient (Wildman–Crippen LogP) is -0.105. The largest absolute Gasteiger partial charge is 0.394 e. The third-order valence-corrected chi connectivity index (χ3v) is 1.25. The molecule has 3 heteroatoms. The SMILES string of the molecule is CC(C)=CCNCC(O)CO. The van der Waals surface area contributed by atoms with E-state index in [0.717, 1.165) is 6.54 Å². The van der Waals surface area contributed by atoms with E-state index in [-0.39, 0.29) is 6.61 Å². The lowest BCUT2D eigenvalue weighted by molar-refractivity contribution is 0.0953. The quantitative estimate of drug-likeness (QED) is 0.388. The Balaban J connectivity index is 3.21. The standard InChI is InChI=1S/C8H17NO2/c1-7(2)3-4-9-5-8(11)6-10/h3,8-11H,4-6H2,1-2H3. The van der Waals surface area contributed by atoms with Crippen molar-refractivity contribution in [3.05, 3.63) is 11.6 Å². The summed E-state index contributed by atoms with van der Waals surface area (Å²) in [5, 5.41) is 20.3. The van der Waals surface area contributed by atoms with Crippen molar-refractivity contribution >= 4 is 0 Å². The molecule has 11 heavy (non-hydrogen) atoms. The van der Waals surface area contributed by atoms with Crippen molar-refractivity contribution in [3.8, 4) is 0 Å². The maximum atomic E-state index is 8.89. The van der Waals surface area contributed by atoms with Crippen molar-refractivity contribution in [2.75, 3.05) is 19.7 Å². The molecule has 0 aliphatic heterocycles. The molecule has 3 nitrogen and oxygen atoms in total. The number of hydrogen-bond acceptors (Lipinski definition) is 3. The summed E-state index contributed by atoms with van der Waals surface area (Å²) < 4.78 is 0. The normalized spacial score (nSPS) is 12.7. The zero-order chi connectivity index (χ0) is 8.69. The molecule has 0 rings (SSSR count). The Morgan fingerprint density at radius 1 is 1.55 bits per heavy atom. The van der Waals surface area contributed by atoms with Crippen molar-refractivity contribution in [1.82, 2.24) is 5.32 Å². The first-order chi connectivity index (χ1) is 5.16. The van der Waals surface area contributed by atoms with Crippen LogP contribution in [-0.2, 0) is 0 Å². The van der Waals surface area contributed by atoms with Gasteiger partial charge in [-0.05, 0) is 13.8 Å². The van der Waals surface area contributed by atoms with E-state index in [1.807, 2.05) is 19.9 Å². The molecule has 66 valence electrons. The van der Waals surface area contributed by atoms with E-state index in [0.29, 0.717) is 6.54 Å². The van der Waals surface area contributed by atoms with Crippen molar-refractivity contribution < 1.29 is 10.2 Å². The van der Waals surface area contributed by atoms with Crippen molar-refractivity contribution in [2.45, 2.75) is 20.0 Å². The summed E-state index contributed by atoms with van der Waals surface area (Å²) in [7, 11) is 0. The molecular formula is C8H17NO2. The Bertz CT molecular complexity index is 119. The smallest absolute Gasteiger partial charge is 0.0895 e. The van der Waals surface area contributed by atoms with Crippen molar-refractivity contribution in [1.29, 1.82) is 0 Å². The number of rotatable bonds is 5. The monoisotopic (exact) mass is 159 g/mol. The van der Waals surface area contributed by atoms with Crippen LogP contribution >= 0.6 is 0 Å². The van der Waals surface area contributed by atoms with E-state index in [2.05, 4.69) is 5.32 Å². The highest BCUT2D eigenvalue weighted by molar-refractivity contribution is 4.94. The molecule has 0 spiro atoms. The van der Waals surface area contributed by atoms with Gasteiger partial charge in [0.25, 0.3) is 0 Å². The highest BCUT2D eigenvalue weighted by Crippen LogP contribution is 1.85.